The van der Waals surface area contributed by atoms with Crippen LogP contribution in [0.2, 0.25) is 0 Å². The Labute approximate surface area is 96.4 Å². The number of unbranched alkanes of at least 4 members (excludes halogenated alkanes) is 2. The Morgan fingerprint density at radius 3 is 2.67 bits per heavy atom. The normalized spacial score (nSPS) is 12.9. The molecule has 0 aliphatic heterocycles. The second-order valence-electron chi connectivity index (χ2n) is 4.03. The van der Waals surface area contributed by atoms with E-state index in [-0.39, 0.29) is 6.10 Å². The summed E-state index contributed by atoms with van der Waals surface area (Å²) in [7, 11) is 0.811. The molecule has 1 rings (SSSR count). The Hall–Kier alpha value is -0.603. The van der Waals surface area contributed by atoms with Crippen LogP contribution in [-0.4, -0.2) is 10.5 Å². The molecule has 0 saturated heterocycles. The summed E-state index contributed by atoms with van der Waals surface area (Å²) in [6, 6.07) is 8.67. The molecular formula is C13H22OSi. The third-order valence-electron chi connectivity index (χ3n) is 2.90. The summed E-state index contributed by atoms with van der Waals surface area (Å²) < 4.78 is 5.52. The van der Waals surface area contributed by atoms with E-state index in [1.54, 1.807) is 0 Å². The van der Waals surface area contributed by atoms with Gasteiger partial charge in [0.25, 0.3) is 0 Å². The van der Waals surface area contributed by atoms with E-state index < -0.39 is 0 Å². The smallest absolute Gasteiger partial charge is 0.146 e. The first-order valence-electron chi connectivity index (χ1n) is 5.90. The highest BCUT2D eigenvalue weighted by Gasteiger charge is 2.07. The van der Waals surface area contributed by atoms with E-state index in [1.807, 2.05) is 0 Å². The highest BCUT2D eigenvalue weighted by Crippen LogP contribution is 2.21. The molecule has 0 spiro atoms. The monoisotopic (exact) mass is 222 g/mol. The minimum atomic E-state index is 0.273. The van der Waals surface area contributed by atoms with Gasteiger partial charge in [0.15, 0.2) is 0 Å². The predicted octanol–water partition coefficient (Wildman–Crippen LogP) is 2.78. The van der Waals surface area contributed by atoms with Crippen LogP contribution in [0.1, 0.15) is 50.3 Å². The lowest BCUT2D eigenvalue weighted by atomic mass is 9.98. The van der Waals surface area contributed by atoms with E-state index in [0.717, 1.165) is 10.5 Å². The molecular weight excluding hydrogens is 200 g/mol. The molecule has 0 heterocycles. The molecule has 0 saturated carbocycles. The number of hydrogen-bond acceptors (Lipinski definition) is 1. The Morgan fingerprint density at radius 1 is 1.27 bits per heavy atom. The van der Waals surface area contributed by atoms with Crippen LogP contribution >= 0.6 is 0 Å². The van der Waals surface area contributed by atoms with Crippen molar-refractivity contribution >= 4 is 10.5 Å². The van der Waals surface area contributed by atoms with Crippen molar-refractivity contribution in [1.29, 1.82) is 0 Å². The van der Waals surface area contributed by atoms with Gasteiger partial charge < -0.3 is 4.43 Å². The predicted molar refractivity (Wildman–Crippen MR) is 69.1 cm³/mol. The topological polar surface area (TPSA) is 9.23 Å². The molecule has 0 aliphatic carbocycles. The number of benzene rings is 1. The van der Waals surface area contributed by atoms with Gasteiger partial charge in [0.2, 0.25) is 0 Å². The summed E-state index contributed by atoms with van der Waals surface area (Å²) in [5.41, 5.74) is 2.85. The van der Waals surface area contributed by atoms with Gasteiger partial charge >= 0.3 is 0 Å². The lowest BCUT2D eigenvalue weighted by Crippen LogP contribution is -2.01. The SMILES string of the molecule is CCCCCc1ccccc1C(C)O[SiH3]. The van der Waals surface area contributed by atoms with Crippen molar-refractivity contribution in [2.45, 2.75) is 45.6 Å². The summed E-state index contributed by atoms with van der Waals surface area (Å²) in [5.74, 6) is 0. The highest BCUT2D eigenvalue weighted by molar-refractivity contribution is 5.98. The van der Waals surface area contributed by atoms with E-state index in [1.165, 1.54) is 36.8 Å². The fourth-order valence-corrected chi connectivity index (χ4v) is 2.10. The third kappa shape index (κ3) is 3.80. The molecule has 0 fully saturated rings. The first kappa shape index (κ1) is 12.5. The number of hydrogen-bond donors (Lipinski definition) is 0. The zero-order chi connectivity index (χ0) is 11.1. The maximum Gasteiger partial charge on any atom is 0.146 e. The minimum absolute atomic E-state index is 0.273. The molecule has 0 amide bonds. The van der Waals surface area contributed by atoms with Crippen LogP contribution in [0.4, 0.5) is 0 Å². The molecule has 1 aromatic carbocycles. The molecule has 0 bridgehead atoms. The summed E-state index contributed by atoms with van der Waals surface area (Å²) >= 11 is 0. The van der Waals surface area contributed by atoms with Gasteiger partial charge in [0, 0.05) is 0 Å². The van der Waals surface area contributed by atoms with Crippen LogP contribution in [0.5, 0.6) is 0 Å². The summed E-state index contributed by atoms with van der Waals surface area (Å²) in [6.07, 6.45) is 5.37. The number of rotatable bonds is 6. The van der Waals surface area contributed by atoms with E-state index in [9.17, 15) is 0 Å². The maximum atomic E-state index is 5.52. The standard InChI is InChI=1S/C13H22OSi/c1-3-4-5-8-12-9-6-7-10-13(12)11(2)14-15/h6-7,9-11H,3-5,8H2,1-2,15H3. The second kappa shape index (κ2) is 6.80. The molecule has 0 radical (unpaired) electrons. The first-order chi connectivity index (χ1) is 7.29. The molecule has 2 heteroatoms. The van der Waals surface area contributed by atoms with E-state index >= 15 is 0 Å². The van der Waals surface area contributed by atoms with Gasteiger partial charge in [-0.25, -0.2) is 0 Å². The fourth-order valence-electron chi connectivity index (χ4n) is 1.85. The molecule has 1 atom stereocenters. The fraction of sp³-hybridized carbons (Fsp3) is 0.538. The largest absolute Gasteiger partial charge is 0.421 e. The van der Waals surface area contributed by atoms with Gasteiger partial charge in [-0.3, -0.25) is 0 Å². The van der Waals surface area contributed by atoms with Gasteiger partial charge in [0.05, 0.1) is 6.10 Å². The summed E-state index contributed by atoms with van der Waals surface area (Å²) in [4.78, 5) is 0. The van der Waals surface area contributed by atoms with Crippen molar-refractivity contribution in [3.63, 3.8) is 0 Å². The van der Waals surface area contributed by atoms with Crippen molar-refractivity contribution in [3.05, 3.63) is 35.4 Å². The lowest BCUT2D eigenvalue weighted by molar-refractivity contribution is 0.249. The van der Waals surface area contributed by atoms with Crippen LogP contribution in [-0.2, 0) is 10.8 Å². The number of aryl methyl sites for hydroxylation is 1. The average Bonchev–Trinajstić information content (AvgIpc) is 2.29. The van der Waals surface area contributed by atoms with Crippen LogP contribution in [0.15, 0.2) is 24.3 Å². The van der Waals surface area contributed by atoms with Crippen LogP contribution in [0.25, 0.3) is 0 Å². The summed E-state index contributed by atoms with van der Waals surface area (Å²) in [5, 5.41) is 0. The Kier molecular flexibility index (Phi) is 5.65. The van der Waals surface area contributed by atoms with Crippen LogP contribution < -0.4 is 0 Å². The second-order valence-corrected chi connectivity index (χ2v) is 4.51. The van der Waals surface area contributed by atoms with Gasteiger partial charge in [-0.05, 0) is 30.9 Å². The molecule has 15 heavy (non-hydrogen) atoms. The van der Waals surface area contributed by atoms with Crippen molar-refractivity contribution in [2.24, 2.45) is 0 Å². The maximum absolute atomic E-state index is 5.52. The molecule has 0 aromatic heterocycles. The quantitative estimate of drug-likeness (QED) is 0.531. The minimum Gasteiger partial charge on any atom is -0.421 e. The molecule has 0 aliphatic rings. The van der Waals surface area contributed by atoms with Crippen molar-refractivity contribution in [2.75, 3.05) is 0 Å². The molecule has 0 N–H and O–H groups in total. The third-order valence-corrected chi connectivity index (χ3v) is 3.60. The van der Waals surface area contributed by atoms with Crippen molar-refractivity contribution in [1.82, 2.24) is 0 Å². The Morgan fingerprint density at radius 2 is 2.00 bits per heavy atom. The van der Waals surface area contributed by atoms with E-state index in [2.05, 4.69) is 38.1 Å². The first-order valence-corrected chi connectivity index (χ1v) is 6.71. The zero-order valence-electron chi connectivity index (χ0n) is 10.1. The van der Waals surface area contributed by atoms with Crippen LogP contribution in [0, 0.1) is 0 Å². The van der Waals surface area contributed by atoms with E-state index in [0.29, 0.717) is 0 Å². The van der Waals surface area contributed by atoms with Crippen LogP contribution in [0.3, 0.4) is 0 Å². The Balaban J connectivity index is 2.68. The molecule has 1 nitrogen and oxygen atoms in total. The van der Waals surface area contributed by atoms with Gasteiger partial charge in [0.1, 0.15) is 10.5 Å². The average molecular weight is 222 g/mol. The van der Waals surface area contributed by atoms with Crippen molar-refractivity contribution in [3.8, 4) is 0 Å². The molecule has 84 valence electrons. The van der Waals surface area contributed by atoms with Gasteiger partial charge in [-0.15, -0.1) is 0 Å². The van der Waals surface area contributed by atoms with Gasteiger partial charge in [-0.1, -0.05) is 44.0 Å². The van der Waals surface area contributed by atoms with Crippen molar-refractivity contribution < 1.29 is 4.43 Å². The molecule has 1 unspecified atom stereocenters. The Bertz CT molecular complexity index is 286. The summed E-state index contributed by atoms with van der Waals surface area (Å²) in [6.45, 7) is 4.39. The van der Waals surface area contributed by atoms with E-state index in [4.69, 9.17) is 4.43 Å². The van der Waals surface area contributed by atoms with Gasteiger partial charge in [-0.2, -0.15) is 0 Å². The lowest BCUT2D eigenvalue weighted by Gasteiger charge is -2.15. The highest BCUT2D eigenvalue weighted by atomic mass is 28.2. The zero-order valence-corrected chi connectivity index (χ0v) is 12.1. The molecule has 1 aromatic rings.